The standard InChI is InChI=1S/C12H14ClN5OS/c1-8(2)20-12-9(13)4-3-5-10(12)15-11(19)6-18-7-14-16-17-18/h3-5,7-8H,6H2,1-2H3,(H,15,19). The first kappa shape index (κ1) is 14.8. The number of tetrazole rings is 1. The SMILES string of the molecule is CC(C)Sc1c(Cl)cccc1NC(=O)Cn1cnnn1. The van der Waals surface area contributed by atoms with Gasteiger partial charge in [-0.2, -0.15) is 0 Å². The molecule has 0 aliphatic rings. The number of carbonyl (C=O) groups excluding carboxylic acids is 1. The summed E-state index contributed by atoms with van der Waals surface area (Å²) in [5.74, 6) is -0.204. The number of hydrogen-bond donors (Lipinski definition) is 1. The van der Waals surface area contributed by atoms with Crippen LogP contribution in [0, 0.1) is 0 Å². The lowest BCUT2D eigenvalue weighted by Crippen LogP contribution is -2.19. The van der Waals surface area contributed by atoms with Crippen LogP contribution in [0.25, 0.3) is 0 Å². The zero-order valence-electron chi connectivity index (χ0n) is 11.1. The predicted molar refractivity (Wildman–Crippen MR) is 78.9 cm³/mol. The topological polar surface area (TPSA) is 72.7 Å². The molecule has 1 aromatic heterocycles. The minimum absolute atomic E-state index is 0.0608. The summed E-state index contributed by atoms with van der Waals surface area (Å²) in [6.07, 6.45) is 1.39. The smallest absolute Gasteiger partial charge is 0.246 e. The van der Waals surface area contributed by atoms with Gasteiger partial charge in [0.2, 0.25) is 5.91 Å². The van der Waals surface area contributed by atoms with Crippen LogP contribution >= 0.6 is 23.4 Å². The molecule has 20 heavy (non-hydrogen) atoms. The Balaban J connectivity index is 2.12. The van der Waals surface area contributed by atoms with E-state index in [1.165, 1.54) is 11.0 Å². The minimum atomic E-state index is -0.204. The summed E-state index contributed by atoms with van der Waals surface area (Å²) >= 11 is 7.80. The first-order valence-corrected chi connectivity index (χ1v) is 7.28. The average Bonchev–Trinajstić information content (AvgIpc) is 2.86. The molecule has 2 rings (SSSR count). The number of anilines is 1. The monoisotopic (exact) mass is 311 g/mol. The van der Waals surface area contributed by atoms with Gasteiger partial charge in [0.25, 0.3) is 0 Å². The molecule has 106 valence electrons. The van der Waals surface area contributed by atoms with E-state index in [-0.39, 0.29) is 12.5 Å². The molecule has 1 heterocycles. The highest BCUT2D eigenvalue weighted by Gasteiger charge is 2.12. The zero-order chi connectivity index (χ0) is 14.5. The van der Waals surface area contributed by atoms with Crippen molar-refractivity contribution in [2.24, 2.45) is 0 Å². The van der Waals surface area contributed by atoms with Crippen molar-refractivity contribution in [3.05, 3.63) is 29.5 Å². The summed E-state index contributed by atoms with van der Waals surface area (Å²) in [6, 6.07) is 5.44. The third-order valence-electron chi connectivity index (χ3n) is 2.29. The van der Waals surface area contributed by atoms with Gasteiger partial charge >= 0.3 is 0 Å². The number of benzene rings is 1. The quantitative estimate of drug-likeness (QED) is 0.859. The van der Waals surface area contributed by atoms with Gasteiger partial charge in [-0.05, 0) is 22.6 Å². The molecule has 0 radical (unpaired) electrons. The molecule has 8 heteroatoms. The number of carbonyl (C=O) groups is 1. The Morgan fingerprint density at radius 3 is 2.95 bits per heavy atom. The van der Waals surface area contributed by atoms with E-state index in [0.717, 1.165) is 4.90 Å². The maximum absolute atomic E-state index is 11.9. The van der Waals surface area contributed by atoms with Crippen molar-refractivity contribution in [2.45, 2.75) is 30.5 Å². The van der Waals surface area contributed by atoms with E-state index in [1.807, 2.05) is 12.1 Å². The lowest BCUT2D eigenvalue weighted by atomic mass is 10.3. The largest absolute Gasteiger partial charge is 0.323 e. The summed E-state index contributed by atoms with van der Waals surface area (Å²) in [5.41, 5.74) is 0.703. The van der Waals surface area contributed by atoms with Gasteiger partial charge in [-0.15, -0.1) is 16.9 Å². The van der Waals surface area contributed by atoms with Crippen LogP contribution in [0.1, 0.15) is 13.8 Å². The zero-order valence-corrected chi connectivity index (χ0v) is 12.6. The molecule has 0 bridgehead atoms. The normalized spacial score (nSPS) is 10.8. The van der Waals surface area contributed by atoms with E-state index >= 15 is 0 Å². The molecular formula is C12H14ClN5OS. The first-order valence-electron chi connectivity index (χ1n) is 6.02. The molecule has 6 nitrogen and oxygen atoms in total. The van der Waals surface area contributed by atoms with Crippen LogP contribution in [-0.2, 0) is 11.3 Å². The van der Waals surface area contributed by atoms with Gasteiger partial charge < -0.3 is 5.32 Å². The molecular weight excluding hydrogens is 298 g/mol. The van der Waals surface area contributed by atoms with Gasteiger partial charge in [0.05, 0.1) is 10.7 Å². The molecule has 2 aromatic rings. The second-order valence-corrected chi connectivity index (χ2v) is 6.33. The van der Waals surface area contributed by atoms with E-state index < -0.39 is 0 Å². The fourth-order valence-electron chi connectivity index (χ4n) is 1.55. The summed E-state index contributed by atoms with van der Waals surface area (Å²) in [5, 5.41) is 14.4. The van der Waals surface area contributed by atoms with Crippen LogP contribution in [0.4, 0.5) is 5.69 Å². The molecule has 0 saturated carbocycles. The Hall–Kier alpha value is -1.60. The molecule has 0 spiro atoms. The van der Waals surface area contributed by atoms with Crippen molar-refractivity contribution in [1.29, 1.82) is 0 Å². The van der Waals surface area contributed by atoms with Gasteiger partial charge in [-0.25, -0.2) is 4.68 Å². The number of nitrogens with one attached hydrogen (secondary N) is 1. The number of thioether (sulfide) groups is 1. The van der Waals surface area contributed by atoms with Crippen molar-refractivity contribution in [2.75, 3.05) is 5.32 Å². The average molecular weight is 312 g/mol. The lowest BCUT2D eigenvalue weighted by molar-refractivity contribution is -0.116. The summed E-state index contributed by atoms with van der Waals surface area (Å²) in [7, 11) is 0. The van der Waals surface area contributed by atoms with Crippen molar-refractivity contribution in [3.8, 4) is 0 Å². The van der Waals surface area contributed by atoms with Crippen LogP contribution in [0.5, 0.6) is 0 Å². The minimum Gasteiger partial charge on any atom is -0.323 e. The second kappa shape index (κ2) is 6.71. The van der Waals surface area contributed by atoms with E-state index in [9.17, 15) is 4.79 Å². The van der Waals surface area contributed by atoms with E-state index in [0.29, 0.717) is 16.0 Å². The van der Waals surface area contributed by atoms with Crippen molar-refractivity contribution in [1.82, 2.24) is 20.2 Å². The number of amides is 1. The Morgan fingerprint density at radius 1 is 1.50 bits per heavy atom. The lowest BCUT2D eigenvalue weighted by Gasteiger charge is -2.13. The maximum Gasteiger partial charge on any atom is 0.246 e. The predicted octanol–water partition coefficient (Wildman–Crippen LogP) is 2.47. The molecule has 1 aromatic carbocycles. The van der Waals surface area contributed by atoms with Gasteiger partial charge in [-0.3, -0.25) is 4.79 Å². The second-order valence-electron chi connectivity index (χ2n) is 4.34. The maximum atomic E-state index is 11.9. The third kappa shape index (κ3) is 3.94. The van der Waals surface area contributed by atoms with Gasteiger partial charge in [0.15, 0.2) is 0 Å². The summed E-state index contributed by atoms with van der Waals surface area (Å²) < 4.78 is 1.36. The van der Waals surface area contributed by atoms with Crippen molar-refractivity contribution in [3.63, 3.8) is 0 Å². The fourth-order valence-corrected chi connectivity index (χ4v) is 2.76. The molecule has 0 unspecified atom stereocenters. The van der Waals surface area contributed by atoms with E-state index in [1.54, 1.807) is 17.8 Å². The van der Waals surface area contributed by atoms with E-state index in [2.05, 4.69) is 34.7 Å². The number of rotatable bonds is 5. The summed E-state index contributed by atoms with van der Waals surface area (Å²) in [6.45, 7) is 4.20. The Bertz CT molecular complexity index is 588. The van der Waals surface area contributed by atoms with Crippen LogP contribution in [-0.4, -0.2) is 31.4 Å². The van der Waals surface area contributed by atoms with Crippen LogP contribution in [0.2, 0.25) is 5.02 Å². The molecule has 1 N–H and O–H groups in total. The Kier molecular flexibility index (Phi) is 4.97. The Morgan fingerprint density at radius 2 is 2.30 bits per heavy atom. The van der Waals surface area contributed by atoms with Gasteiger partial charge in [0.1, 0.15) is 12.9 Å². The van der Waals surface area contributed by atoms with E-state index in [4.69, 9.17) is 11.6 Å². The molecule has 1 amide bonds. The van der Waals surface area contributed by atoms with Gasteiger partial charge in [-0.1, -0.05) is 31.5 Å². The van der Waals surface area contributed by atoms with Crippen LogP contribution in [0.3, 0.4) is 0 Å². The van der Waals surface area contributed by atoms with Crippen LogP contribution in [0.15, 0.2) is 29.4 Å². The summed E-state index contributed by atoms with van der Waals surface area (Å²) in [4.78, 5) is 12.8. The van der Waals surface area contributed by atoms with Crippen molar-refractivity contribution >= 4 is 35.0 Å². The highest BCUT2D eigenvalue weighted by molar-refractivity contribution is 8.00. The molecule has 0 aliphatic carbocycles. The Labute approximate surface area is 125 Å². The highest BCUT2D eigenvalue weighted by Crippen LogP contribution is 2.36. The van der Waals surface area contributed by atoms with Gasteiger partial charge in [0, 0.05) is 10.1 Å². The van der Waals surface area contributed by atoms with Crippen LogP contribution < -0.4 is 5.32 Å². The number of halogens is 1. The molecule has 0 saturated heterocycles. The number of hydrogen-bond acceptors (Lipinski definition) is 5. The van der Waals surface area contributed by atoms with Crippen molar-refractivity contribution < 1.29 is 4.79 Å². The first-order chi connectivity index (χ1) is 9.56. The third-order valence-corrected chi connectivity index (χ3v) is 3.87. The number of nitrogens with zero attached hydrogens (tertiary/aromatic N) is 4. The number of aromatic nitrogens is 4. The highest BCUT2D eigenvalue weighted by atomic mass is 35.5. The molecule has 0 atom stereocenters. The molecule has 0 aliphatic heterocycles. The fraction of sp³-hybridized carbons (Fsp3) is 0.333. The molecule has 0 fully saturated rings.